The van der Waals surface area contributed by atoms with Crippen molar-refractivity contribution in [1.82, 2.24) is 9.80 Å². The minimum atomic E-state index is -0.0287. The Hall–Kier alpha value is -1.52. The summed E-state index contributed by atoms with van der Waals surface area (Å²) >= 11 is 6.18. The third-order valence-electron chi connectivity index (χ3n) is 4.39. The molecule has 0 radical (unpaired) electrons. The lowest BCUT2D eigenvalue weighted by Gasteiger charge is -2.35. The summed E-state index contributed by atoms with van der Waals surface area (Å²) in [5, 5.41) is 1.46. The molecule has 0 unspecified atom stereocenters. The summed E-state index contributed by atoms with van der Waals surface area (Å²) in [6, 6.07) is 5.61. The van der Waals surface area contributed by atoms with Crippen molar-refractivity contribution in [3.05, 3.63) is 34.5 Å². The van der Waals surface area contributed by atoms with E-state index in [9.17, 15) is 4.79 Å². The van der Waals surface area contributed by atoms with Gasteiger partial charge in [0.05, 0.1) is 5.02 Å². The van der Waals surface area contributed by atoms with Gasteiger partial charge in [-0.1, -0.05) is 37.6 Å². The molecule has 1 aliphatic heterocycles. The summed E-state index contributed by atoms with van der Waals surface area (Å²) < 4.78 is 5.80. The number of benzene rings is 1. The first-order chi connectivity index (χ1) is 11.0. The van der Waals surface area contributed by atoms with Gasteiger partial charge in [0.25, 0.3) is 5.91 Å². The number of furan rings is 1. The lowest BCUT2D eigenvalue weighted by atomic mass is 10.1. The quantitative estimate of drug-likeness (QED) is 0.856. The summed E-state index contributed by atoms with van der Waals surface area (Å²) in [6.07, 6.45) is 0. The highest BCUT2D eigenvalue weighted by molar-refractivity contribution is 6.35. The molecule has 0 bridgehead atoms. The SMILES string of the molecule is Cc1c(C(=O)N2CCN(CC(C)C)CC2)oc2c(Cl)cccc12. The van der Waals surface area contributed by atoms with Gasteiger partial charge < -0.3 is 9.32 Å². The van der Waals surface area contributed by atoms with Crippen molar-refractivity contribution in [1.29, 1.82) is 0 Å². The third kappa shape index (κ3) is 3.24. The monoisotopic (exact) mass is 334 g/mol. The molecule has 0 spiro atoms. The average Bonchev–Trinajstić information content (AvgIpc) is 2.86. The smallest absolute Gasteiger partial charge is 0.289 e. The number of amides is 1. The molecular weight excluding hydrogens is 312 g/mol. The van der Waals surface area contributed by atoms with Crippen LogP contribution >= 0.6 is 11.6 Å². The average molecular weight is 335 g/mol. The molecular formula is C18H23ClN2O2. The predicted octanol–water partition coefficient (Wildman–Crippen LogP) is 3.81. The number of carbonyl (C=O) groups is 1. The third-order valence-corrected chi connectivity index (χ3v) is 4.69. The minimum absolute atomic E-state index is 0.0287. The van der Waals surface area contributed by atoms with Crippen molar-refractivity contribution >= 4 is 28.5 Å². The first kappa shape index (κ1) is 16.3. The summed E-state index contributed by atoms with van der Waals surface area (Å²) in [7, 11) is 0. The summed E-state index contributed by atoms with van der Waals surface area (Å²) in [4.78, 5) is 17.1. The van der Waals surface area contributed by atoms with Crippen LogP contribution in [-0.4, -0.2) is 48.4 Å². The lowest BCUT2D eigenvalue weighted by Crippen LogP contribution is -2.49. The lowest BCUT2D eigenvalue weighted by molar-refractivity contribution is 0.0594. The molecule has 0 saturated carbocycles. The Morgan fingerprint density at radius 1 is 1.26 bits per heavy atom. The fourth-order valence-electron chi connectivity index (χ4n) is 3.21. The van der Waals surface area contributed by atoms with Crippen LogP contribution in [-0.2, 0) is 0 Å². The number of hydrogen-bond donors (Lipinski definition) is 0. The molecule has 1 aliphatic rings. The Kier molecular flexibility index (Phi) is 4.64. The van der Waals surface area contributed by atoms with E-state index in [4.69, 9.17) is 16.0 Å². The van der Waals surface area contributed by atoms with E-state index < -0.39 is 0 Å². The fourth-order valence-corrected chi connectivity index (χ4v) is 3.42. The van der Waals surface area contributed by atoms with Gasteiger partial charge in [-0.3, -0.25) is 9.69 Å². The van der Waals surface area contributed by atoms with Crippen LogP contribution < -0.4 is 0 Å². The zero-order valence-corrected chi connectivity index (χ0v) is 14.7. The number of halogens is 1. The highest BCUT2D eigenvalue weighted by atomic mass is 35.5. The second-order valence-corrected chi connectivity index (χ2v) is 7.07. The molecule has 124 valence electrons. The van der Waals surface area contributed by atoms with E-state index in [0.29, 0.717) is 22.3 Å². The summed E-state index contributed by atoms with van der Waals surface area (Å²) in [5.41, 5.74) is 1.48. The van der Waals surface area contributed by atoms with Gasteiger partial charge in [0.1, 0.15) is 0 Å². The Bertz CT molecular complexity index is 715. The summed E-state index contributed by atoms with van der Waals surface area (Å²) in [6.45, 7) is 10.8. The molecule has 0 aliphatic carbocycles. The van der Waals surface area contributed by atoms with Gasteiger partial charge in [0.2, 0.25) is 0 Å². The highest BCUT2D eigenvalue weighted by Crippen LogP contribution is 2.31. The molecule has 2 aromatic rings. The molecule has 1 aromatic heterocycles. The van der Waals surface area contributed by atoms with E-state index in [2.05, 4.69) is 18.7 Å². The van der Waals surface area contributed by atoms with Crippen molar-refractivity contribution in [2.75, 3.05) is 32.7 Å². The number of carbonyl (C=O) groups excluding carboxylic acids is 1. The van der Waals surface area contributed by atoms with Gasteiger partial charge >= 0.3 is 0 Å². The summed E-state index contributed by atoms with van der Waals surface area (Å²) in [5.74, 6) is 1.04. The van der Waals surface area contributed by atoms with Gasteiger partial charge in [-0.25, -0.2) is 0 Å². The molecule has 0 atom stereocenters. The van der Waals surface area contributed by atoms with Crippen molar-refractivity contribution in [3.8, 4) is 0 Å². The molecule has 1 fully saturated rings. The highest BCUT2D eigenvalue weighted by Gasteiger charge is 2.27. The molecule has 5 heteroatoms. The minimum Gasteiger partial charge on any atom is -0.449 e. The second kappa shape index (κ2) is 6.54. The van der Waals surface area contributed by atoms with Crippen LogP contribution in [0.3, 0.4) is 0 Å². The molecule has 23 heavy (non-hydrogen) atoms. The van der Waals surface area contributed by atoms with Crippen LogP contribution in [0.25, 0.3) is 11.0 Å². The first-order valence-corrected chi connectivity index (χ1v) is 8.54. The molecule has 1 aromatic carbocycles. The maximum absolute atomic E-state index is 12.8. The van der Waals surface area contributed by atoms with Crippen LogP contribution in [0.4, 0.5) is 0 Å². The second-order valence-electron chi connectivity index (χ2n) is 6.66. The van der Waals surface area contributed by atoms with Crippen LogP contribution in [0.2, 0.25) is 5.02 Å². The van der Waals surface area contributed by atoms with E-state index in [1.165, 1.54) is 0 Å². The molecule has 2 heterocycles. The van der Waals surface area contributed by atoms with Gasteiger partial charge in [-0.15, -0.1) is 0 Å². The molecule has 4 nitrogen and oxygen atoms in total. The van der Waals surface area contributed by atoms with Crippen molar-refractivity contribution in [2.45, 2.75) is 20.8 Å². The largest absolute Gasteiger partial charge is 0.449 e. The van der Waals surface area contributed by atoms with E-state index in [0.717, 1.165) is 43.7 Å². The van der Waals surface area contributed by atoms with Crippen molar-refractivity contribution in [2.24, 2.45) is 5.92 Å². The maximum atomic E-state index is 12.8. The Balaban J connectivity index is 1.77. The first-order valence-electron chi connectivity index (χ1n) is 8.16. The van der Waals surface area contributed by atoms with Crippen molar-refractivity contribution in [3.63, 3.8) is 0 Å². The van der Waals surface area contributed by atoms with Gasteiger partial charge in [0.15, 0.2) is 11.3 Å². The van der Waals surface area contributed by atoms with Crippen LogP contribution in [0.5, 0.6) is 0 Å². The Morgan fingerprint density at radius 2 is 1.96 bits per heavy atom. The van der Waals surface area contributed by atoms with Gasteiger partial charge in [-0.05, 0) is 18.9 Å². The standard InChI is InChI=1S/C18H23ClN2O2/c1-12(2)11-20-7-9-21(10-8-20)18(22)16-13(3)14-5-4-6-15(19)17(14)23-16/h4-6,12H,7-11H2,1-3H3. The fraction of sp³-hybridized carbons (Fsp3) is 0.500. The number of nitrogens with zero attached hydrogens (tertiary/aromatic N) is 2. The Morgan fingerprint density at radius 3 is 2.57 bits per heavy atom. The topological polar surface area (TPSA) is 36.7 Å². The number of hydrogen-bond acceptors (Lipinski definition) is 3. The molecule has 1 saturated heterocycles. The van der Waals surface area contributed by atoms with Crippen LogP contribution in [0.15, 0.2) is 22.6 Å². The molecule has 0 N–H and O–H groups in total. The normalized spacial score (nSPS) is 16.5. The molecule has 3 rings (SSSR count). The molecule has 1 amide bonds. The number of rotatable bonds is 3. The number of aryl methyl sites for hydroxylation is 1. The zero-order valence-electron chi connectivity index (χ0n) is 13.9. The van der Waals surface area contributed by atoms with Crippen LogP contribution in [0.1, 0.15) is 30.0 Å². The van der Waals surface area contributed by atoms with E-state index in [1.807, 2.05) is 24.0 Å². The maximum Gasteiger partial charge on any atom is 0.289 e. The van der Waals surface area contributed by atoms with Gasteiger partial charge in [-0.2, -0.15) is 0 Å². The van der Waals surface area contributed by atoms with Crippen LogP contribution in [0, 0.1) is 12.8 Å². The van der Waals surface area contributed by atoms with E-state index in [1.54, 1.807) is 6.07 Å². The van der Waals surface area contributed by atoms with Gasteiger partial charge in [0, 0.05) is 43.7 Å². The predicted molar refractivity (Wildman–Crippen MR) is 93.1 cm³/mol. The van der Waals surface area contributed by atoms with E-state index in [-0.39, 0.29) is 5.91 Å². The van der Waals surface area contributed by atoms with Crippen molar-refractivity contribution < 1.29 is 9.21 Å². The number of piperazine rings is 1. The van der Waals surface area contributed by atoms with E-state index >= 15 is 0 Å². The number of para-hydroxylation sites is 1. The Labute approximate surface area is 142 Å². The number of fused-ring (bicyclic) bond motifs is 1. The zero-order chi connectivity index (χ0) is 16.6.